The number of methoxy groups -OCH3 is 1. The van der Waals surface area contributed by atoms with Gasteiger partial charge in [0.25, 0.3) is 0 Å². The van der Waals surface area contributed by atoms with Gasteiger partial charge in [-0.15, -0.1) is 0 Å². The van der Waals surface area contributed by atoms with E-state index in [0.717, 1.165) is 5.56 Å². The average Bonchev–Trinajstić information content (AvgIpc) is 2.92. The van der Waals surface area contributed by atoms with E-state index in [1.165, 1.54) is 7.11 Å². The lowest BCUT2D eigenvalue weighted by atomic mass is 10.1. The highest BCUT2D eigenvalue weighted by Crippen LogP contribution is 2.25. The Balaban J connectivity index is 2.21. The lowest BCUT2D eigenvalue weighted by Crippen LogP contribution is -2.08. The molecule has 0 unspecified atom stereocenters. The van der Waals surface area contributed by atoms with Gasteiger partial charge in [-0.2, -0.15) is 0 Å². The summed E-state index contributed by atoms with van der Waals surface area (Å²) in [6, 6.07) is 6.93. The maximum atomic E-state index is 11.6. The maximum Gasteiger partial charge on any atom is 0.340 e. The van der Waals surface area contributed by atoms with Crippen LogP contribution in [0, 0.1) is 6.92 Å². The number of nitrogens with two attached hydrogens (primary N) is 1. The minimum Gasteiger partial charge on any atom is -0.486 e. The van der Waals surface area contributed by atoms with Crippen LogP contribution in [-0.4, -0.2) is 13.1 Å². The van der Waals surface area contributed by atoms with Crippen molar-refractivity contribution < 1.29 is 18.7 Å². The van der Waals surface area contributed by atoms with Gasteiger partial charge in [0.05, 0.1) is 18.9 Å². The maximum absolute atomic E-state index is 11.6. The molecule has 0 atom stereocenters. The van der Waals surface area contributed by atoms with E-state index >= 15 is 0 Å². The van der Waals surface area contributed by atoms with Crippen LogP contribution in [0.3, 0.4) is 0 Å². The fourth-order valence-electron chi connectivity index (χ4n) is 1.68. The molecule has 100 valence electrons. The van der Waals surface area contributed by atoms with E-state index in [2.05, 4.69) is 4.74 Å². The smallest absolute Gasteiger partial charge is 0.340 e. The highest BCUT2D eigenvalue weighted by molar-refractivity contribution is 5.96. The Morgan fingerprint density at radius 2 is 2.21 bits per heavy atom. The van der Waals surface area contributed by atoms with Crippen molar-refractivity contribution in [3.8, 4) is 5.75 Å². The lowest BCUT2D eigenvalue weighted by Gasteiger charge is -2.11. The van der Waals surface area contributed by atoms with Crippen LogP contribution in [-0.2, 0) is 11.3 Å². The molecule has 19 heavy (non-hydrogen) atoms. The average molecular weight is 261 g/mol. The molecule has 0 aliphatic carbocycles. The number of aryl methyl sites for hydroxylation is 1. The second-order valence-electron chi connectivity index (χ2n) is 4.06. The fraction of sp³-hybridized carbons (Fsp3) is 0.214. The summed E-state index contributed by atoms with van der Waals surface area (Å²) in [5.41, 5.74) is 7.31. The van der Waals surface area contributed by atoms with E-state index in [9.17, 15) is 4.79 Å². The second kappa shape index (κ2) is 5.48. The van der Waals surface area contributed by atoms with Crippen molar-refractivity contribution in [1.29, 1.82) is 0 Å². The first-order chi connectivity index (χ1) is 9.11. The molecule has 0 fully saturated rings. The van der Waals surface area contributed by atoms with Crippen molar-refractivity contribution in [2.45, 2.75) is 13.5 Å². The zero-order chi connectivity index (χ0) is 13.8. The highest BCUT2D eigenvalue weighted by atomic mass is 16.5. The van der Waals surface area contributed by atoms with Crippen molar-refractivity contribution in [2.24, 2.45) is 0 Å². The van der Waals surface area contributed by atoms with Crippen LogP contribution in [0.4, 0.5) is 5.69 Å². The summed E-state index contributed by atoms with van der Waals surface area (Å²) in [6.07, 6.45) is 1.58. The number of ether oxygens (including phenoxy) is 2. The molecule has 1 aromatic heterocycles. The predicted molar refractivity (Wildman–Crippen MR) is 70.0 cm³/mol. The van der Waals surface area contributed by atoms with Gasteiger partial charge in [0.2, 0.25) is 0 Å². The normalized spacial score (nSPS) is 10.2. The molecule has 1 heterocycles. The van der Waals surface area contributed by atoms with Crippen LogP contribution in [0.25, 0.3) is 0 Å². The number of rotatable bonds is 4. The van der Waals surface area contributed by atoms with Gasteiger partial charge >= 0.3 is 5.97 Å². The molecule has 5 heteroatoms. The second-order valence-corrected chi connectivity index (χ2v) is 4.06. The van der Waals surface area contributed by atoms with Gasteiger partial charge in [-0.05, 0) is 36.8 Å². The number of esters is 1. The SMILES string of the molecule is COC(=O)c1cc(OCc2ccco2)cc(C)c1N. The highest BCUT2D eigenvalue weighted by Gasteiger charge is 2.14. The quantitative estimate of drug-likeness (QED) is 0.676. The molecule has 0 saturated heterocycles. The topological polar surface area (TPSA) is 74.7 Å². The first-order valence-electron chi connectivity index (χ1n) is 5.75. The molecule has 0 aliphatic heterocycles. The third-order valence-electron chi connectivity index (χ3n) is 2.73. The van der Waals surface area contributed by atoms with Gasteiger partial charge in [-0.25, -0.2) is 4.79 Å². The molecule has 5 nitrogen and oxygen atoms in total. The van der Waals surface area contributed by atoms with Crippen molar-refractivity contribution in [3.63, 3.8) is 0 Å². The number of nitrogen functional groups attached to an aromatic ring is 1. The van der Waals surface area contributed by atoms with Crippen LogP contribution >= 0.6 is 0 Å². The first-order valence-corrected chi connectivity index (χ1v) is 5.75. The van der Waals surface area contributed by atoms with E-state index in [4.69, 9.17) is 14.9 Å². The molecule has 0 aliphatic rings. The minimum absolute atomic E-state index is 0.289. The molecule has 2 rings (SSSR count). The number of hydrogen-bond acceptors (Lipinski definition) is 5. The molecule has 0 saturated carbocycles. The molecule has 0 amide bonds. The summed E-state index contributed by atoms with van der Waals surface area (Å²) >= 11 is 0. The Bertz CT molecular complexity index is 575. The van der Waals surface area contributed by atoms with E-state index in [1.807, 2.05) is 13.0 Å². The van der Waals surface area contributed by atoms with Gasteiger partial charge in [-0.3, -0.25) is 0 Å². The van der Waals surface area contributed by atoms with Crippen molar-refractivity contribution in [2.75, 3.05) is 12.8 Å². The van der Waals surface area contributed by atoms with Gasteiger partial charge < -0.3 is 19.6 Å². The van der Waals surface area contributed by atoms with Gasteiger partial charge in [0.1, 0.15) is 18.1 Å². The summed E-state index contributed by atoms with van der Waals surface area (Å²) in [5.74, 6) is 0.765. The van der Waals surface area contributed by atoms with Crippen LogP contribution in [0.5, 0.6) is 5.75 Å². The van der Waals surface area contributed by atoms with E-state index in [1.54, 1.807) is 24.5 Å². The van der Waals surface area contributed by atoms with Gasteiger partial charge in [-0.1, -0.05) is 0 Å². The molecular weight excluding hydrogens is 246 g/mol. The van der Waals surface area contributed by atoms with Crippen molar-refractivity contribution >= 4 is 11.7 Å². The Morgan fingerprint density at radius 3 is 2.84 bits per heavy atom. The Labute approximate surface area is 110 Å². The standard InChI is InChI=1S/C14H15NO4/c1-9-6-11(19-8-10-4-3-5-18-10)7-12(13(9)15)14(16)17-2/h3-7H,8,15H2,1-2H3. The number of carbonyl (C=O) groups is 1. The zero-order valence-electron chi connectivity index (χ0n) is 10.8. The third-order valence-corrected chi connectivity index (χ3v) is 2.73. The molecule has 0 spiro atoms. The Morgan fingerprint density at radius 1 is 1.42 bits per heavy atom. The molecule has 2 N–H and O–H groups in total. The van der Waals surface area contributed by atoms with Crippen molar-refractivity contribution in [3.05, 3.63) is 47.4 Å². The van der Waals surface area contributed by atoms with E-state index in [0.29, 0.717) is 22.8 Å². The summed E-state index contributed by atoms with van der Waals surface area (Å²) in [6.45, 7) is 2.10. The number of carbonyl (C=O) groups excluding carboxylic acids is 1. The molecule has 2 aromatic rings. The van der Waals surface area contributed by atoms with Gasteiger partial charge in [0, 0.05) is 5.69 Å². The molecular formula is C14H15NO4. The third kappa shape index (κ3) is 2.88. The van der Waals surface area contributed by atoms with E-state index < -0.39 is 5.97 Å². The van der Waals surface area contributed by atoms with Crippen molar-refractivity contribution in [1.82, 2.24) is 0 Å². The number of hydrogen-bond donors (Lipinski definition) is 1. The number of anilines is 1. The monoisotopic (exact) mass is 261 g/mol. The molecule has 0 bridgehead atoms. The Kier molecular flexibility index (Phi) is 3.75. The summed E-state index contributed by atoms with van der Waals surface area (Å²) in [5, 5.41) is 0. The molecule has 0 radical (unpaired) electrons. The van der Waals surface area contributed by atoms with E-state index in [-0.39, 0.29) is 6.61 Å². The molecule has 1 aromatic carbocycles. The fourth-order valence-corrected chi connectivity index (χ4v) is 1.68. The first kappa shape index (κ1) is 13.0. The predicted octanol–water partition coefficient (Wildman–Crippen LogP) is 2.54. The van der Waals surface area contributed by atoms with Crippen LogP contribution in [0.2, 0.25) is 0 Å². The Hall–Kier alpha value is -2.43. The summed E-state index contributed by atoms with van der Waals surface area (Å²) in [7, 11) is 1.31. The summed E-state index contributed by atoms with van der Waals surface area (Å²) < 4.78 is 15.4. The van der Waals surface area contributed by atoms with Crippen LogP contribution in [0.1, 0.15) is 21.7 Å². The lowest BCUT2D eigenvalue weighted by molar-refractivity contribution is 0.0601. The zero-order valence-corrected chi connectivity index (χ0v) is 10.8. The minimum atomic E-state index is -0.482. The summed E-state index contributed by atoms with van der Waals surface area (Å²) in [4.78, 5) is 11.6. The number of benzene rings is 1. The van der Waals surface area contributed by atoms with Crippen LogP contribution in [0.15, 0.2) is 34.9 Å². The largest absolute Gasteiger partial charge is 0.486 e. The number of furan rings is 1. The van der Waals surface area contributed by atoms with Crippen LogP contribution < -0.4 is 10.5 Å². The van der Waals surface area contributed by atoms with Gasteiger partial charge in [0.15, 0.2) is 0 Å².